The van der Waals surface area contributed by atoms with E-state index in [0.29, 0.717) is 35.9 Å². The van der Waals surface area contributed by atoms with Crippen LogP contribution in [0.5, 0.6) is 5.75 Å². The molecule has 31 heavy (non-hydrogen) atoms. The number of aromatic nitrogens is 2. The number of amides is 1. The van der Waals surface area contributed by atoms with E-state index in [0.717, 1.165) is 18.7 Å². The summed E-state index contributed by atoms with van der Waals surface area (Å²) in [5.41, 5.74) is 0.622. The summed E-state index contributed by atoms with van der Waals surface area (Å²) in [5.74, 6) is 1.85. The minimum Gasteiger partial charge on any atom is -0.494 e. The van der Waals surface area contributed by atoms with Gasteiger partial charge in [0.05, 0.1) is 23.9 Å². The van der Waals surface area contributed by atoms with Crippen LogP contribution < -0.4 is 20.5 Å². The van der Waals surface area contributed by atoms with E-state index in [1.807, 2.05) is 43.1 Å². The first-order valence-electron chi connectivity index (χ1n) is 10.7. The van der Waals surface area contributed by atoms with Crippen molar-refractivity contribution in [2.24, 2.45) is 0 Å². The number of carbonyl (C=O) groups excluding carboxylic acids is 1. The van der Waals surface area contributed by atoms with Gasteiger partial charge in [-0.15, -0.1) is 0 Å². The molecule has 1 amide bonds. The van der Waals surface area contributed by atoms with Gasteiger partial charge < -0.3 is 19.7 Å². The fourth-order valence-electron chi connectivity index (χ4n) is 3.64. The molecule has 1 unspecified atom stereocenters. The van der Waals surface area contributed by atoms with Crippen molar-refractivity contribution in [1.82, 2.24) is 14.9 Å². The van der Waals surface area contributed by atoms with Crippen LogP contribution in [0.25, 0.3) is 5.69 Å². The van der Waals surface area contributed by atoms with Crippen LogP contribution in [0.1, 0.15) is 58.5 Å². The highest BCUT2D eigenvalue weighted by Crippen LogP contribution is 2.26. The highest BCUT2D eigenvalue weighted by molar-refractivity contribution is 5.68. The van der Waals surface area contributed by atoms with Gasteiger partial charge >= 0.3 is 6.09 Å². The Morgan fingerprint density at radius 3 is 2.55 bits per heavy atom. The van der Waals surface area contributed by atoms with Crippen molar-refractivity contribution in [3.8, 4) is 11.4 Å². The molecule has 2 aromatic rings. The molecule has 0 fully saturated rings. The third-order valence-corrected chi connectivity index (χ3v) is 4.99. The summed E-state index contributed by atoms with van der Waals surface area (Å²) in [7, 11) is 1.93. The number of hydrogen-bond donors (Lipinski definition) is 1. The molecule has 168 valence electrons. The minimum atomic E-state index is -0.623. The summed E-state index contributed by atoms with van der Waals surface area (Å²) in [6.07, 6.45) is 1.02. The lowest BCUT2D eigenvalue weighted by Gasteiger charge is -2.29. The second-order valence-corrected chi connectivity index (χ2v) is 8.73. The van der Waals surface area contributed by atoms with Crippen molar-refractivity contribution >= 4 is 11.9 Å². The molecule has 3 rings (SSSR count). The average Bonchev–Trinajstić information content (AvgIpc) is 2.68. The van der Waals surface area contributed by atoms with E-state index in [-0.39, 0.29) is 5.56 Å². The molecule has 1 N–H and O–H groups in total. The van der Waals surface area contributed by atoms with Gasteiger partial charge in [0.1, 0.15) is 23.0 Å². The van der Waals surface area contributed by atoms with Gasteiger partial charge in [0.2, 0.25) is 0 Å². The summed E-state index contributed by atoms with van der Waals surface area (Å²) < 4.78 is 12.5. The van der Waals surface area contributed by atoms with Crippen LogP contribution in [0.4, 0.5) is 10.6 Å². The zero-order chi connectivity index (χ0) is 22.8. The molecule has 8 heteroatoms. The Bertz CT molecular complexity index is 992. The lowest BCUT2D eigenvalue weighted by atomic mass is 10.1. The number of benzene rings is 1. The van der Waals surface area contributed by atoms with Crippen molar-refractivity contribution in [3.63, 3.8) is 0 Å². The Morgan fingerprint density at radius 1 is 1.26 bits per heavy atom. The second kappa shape index (κ2) is 8.99. The van der Waals surface area contributed by atoms with E-state index < -0.39 is 17.7 Å². The molecule has 1 aliphatic heterocycles. The molecule has 0 aliphatic carbocycles. The van der Waals surface area contributed by atoms with Crippen molar-refractivity contribution < 1.29 is 14.3 Å². The van der Waals surface area contributed by atoms with Crippen molar-refractivity contribution in [2.75, 3.05) is 25.1 Å². The van der Waals surface area contributed by atoms with Crippen molar-refractivity contribution in [1.29, 1.82) is 0 Å². The van der Waals surface area contributed by atoms with Gasteiger partial charge in [-0.3, -0.25) is 9.36 Å². The van der Waals surface area contributed by atoms with Crippen LogP contribution in [0.3, 0.4) is 0 Å². The van der Waals surface area contributed by atoms with E-state index in [4.69, 9.17) is 14.5 Å². The normalized spacial score (nSPS) is 14.6. The lowest BCUT2D eigenvalue weighted by Crippen LogP contribution is -2.39. The van der Waals surface area contributed by atoms with Crippen LogP contribution in [0, 0.1) is 0 Å². The quantitative estimate of drug-likeness (QED) is 0.783. The Hall–Kier alpha value is -3.03. The van der Waals surface area contributed by atoms with Gasteiger partial charge in [-0.2, -0.15) is 0 Å². The Labute approximate surface area is 183 Å². The van der Waals surface area contributed by atoms with Gasteiger partial charge in [-0.05, 0) is 71.7 Å². The molecule has 0 bridgehead atoms. The molecule has 0 saturated carbocycles. The summed E-state index contributed by atoms with van der Waals surface area (Å²) in [6.45, 7) is 10.5. The van der Waals surface area contributed by atoms with Gasteiger partial charge in [-0.1, -0.05) is 0 Å². The zero-order valence-corrected chi connectivity index (χ0v) is 19.2. The Balaban J connectivity index is 2.07. The third-order valence-electron chi connectivity index (χ3n) is 4.99. The first-order chi connectivity index (χ1) is 14.6. The number of rotatable bonds is 5. The van der Waals surface area contributed by atoms with E-state index in [9.17, 15) is 9.59 Å². The average molecular weight is 429 g/mol. The van der Waals surface area contributed by atoms with Crippen LogP contribution in [-0.4, -0.2) is 41.4 Å². The molecule has 0 saturated heterocycles. The highest BCUT2D eigenvalue weighted by atomic mass is 16.6. The smallest absolute Gasteiger partial charge is 0.408 e. The van der Waals surface area contributed by atoms with E-state index in [2.05, 4.69) is 5.32 Å². The number of anilines is 1. The molecular formula is C23H32N4O4. The van der Waals surface area contributed by atoms with E-state index in [1.165, 1.54) is 0 Å². The van der Waals surface area contributed by atoms with Crippen LogP contribution in [-0.2, 0) is 11.2 Å². The van der Waals surface area contributed by atoms with Crippen LogP contribution in [0.15, 0.2) is 29.1 Å². The first-order valence-corrected chi connectivity index (χ1v) is 10.7. The summed E-state index contributed by atoms with van der Waals surface area (Å²) >= 11 is 0. The molecular weight excluding hydrogens is 396 g/mol. The van der Waals surface area contributed by atoms with Gasteiger partial charge in [0.25, 0.3) is 5.56 Å². The molecule has 0 spiro atoms. The second-order valence-electron chi connectivity index (χ2n) is 8.73. The molecule has 1 aromatic carbocycles. The monoisotopic (exact) mass is 428 g/mol. The van der Waals surface area contributed by atoms with Crippen molar-refractivity contribution in [2.45, 2.75) is 59.1 Å². The maximum atomic E-state index is 13.5. The van der Waals surface area contributed by atoms with Crippen LogP contribution >= 0.6 is 0 Å². The summed E-state index contributed by atoms with van der Waals surface area (Å²) in [6, 6.07) is 6.77. The van der Waals surface area contributed by atoms with E-state index >= 15 is 0 Å². The largest absolute Gasteiger partial charge is 0.494 e. The summed E-state index contributed by atoms with van der Waals surface area (Å²) in [4.78, 5) is 32.7. The van der Waals surface area contributed by atoms with Crippen molar-refractivity contribution in [3.05, 3.63) is 46.0 Å². The maximum absolute atomic E-state index is 13.5. The fraction of sp³-hybridized carbons (Fsp3) is 0.522. The third kappa shape index (κ3) is 5.18. The number of alkyl carbamates (subject to hydrolysis) is 1. The molecule has 2 heterocycles. The Morgan fingerprint density at radius 2 is 1.94 bits per heavy atom. The predicted octanol–water partition coefficient (Wildman–Crippen LogP) is 3.60. The maximum Gasteiger partial charge on any atom is 0.408 e. The lowest BCUT2D eigenvalue weighted by molar-refractivity contribution is 0.0505. The molecule has 8 nitrogen and oxygen atoms in total. The SMILES string of the molecule is CCOc1ccc(-n2c(C(C)NC(=O)OC(C)(C)C)nc3c(c2=O)CCCN3C)cc1. The van der Waals surface area contributed by atoms with Gasteiger partial charge in [-0.25, -0.2) is 9.78 Å². The topological polar surface area (TPSA) is 85.7 Å². The van der Waals surface area contributed by atoms with Gasteiger partial charge in [0.15, 0.2) is 0 Å². The van der Waals surface area contributed by atoms with E-state index in [1.54, 1.807) is 32.3 Å². The fourth-order valence-corrected chi connectivity index (χ4v) is 3.64. The predicted molar refractivity (Wildman–Crippen MR) is 120 cm³/mol. The summed E-state index contributed by atoms with van der Waals surface area (Å²) in [5, 5.41) is 2.82. The Kier molecular flexibility index (Phi) is 6.57. The zero-order valence-electron chi connectivity index (χ0n) is 19.2. The number of carbonyl (C=O) groups is 1. The number of hydrogen-bond acceptors (Lipinski definition) is 6. The standard InChI is InChI=1S/C23H32N4O4/c1-7-30-17-12-10-16(11-13-17)27-19(15(2)24-22(29)31-23(3,4)5)25-20-18(21(27)28)9-8-14-26(20)6/h10-13,15H,7-9,14H2,1-6H3,(H,24,29). The van der Waals surface area contributed by atoms with Gasteiger partial charge in [0, 0.05) is 13.6 Å². The molecule has 1 aliphatic rings. The minimum absolute atomic E-state index is 0.117. The molecule has 1 atom stereocenters. The molecule has 0 radical (unpaired) electrons. The first kappa shape index (κ1) is 22.7. The molecule has 1 aromatic heterocycles. The number of nitrogens with one attached hydrogen (secondary N) is 1. The number of nitrogens with zero attached hydrogens (tertiary/aromatic N) is 3. The number of fused-ring (bicyclic) bond motifs is 1. The van der Waals surface area contributed by atoms with Crippen LogP contribution in [0.2, 0.25) is 0 Å². The highest BCUT2D eigenvalue weighted by Gasteiger charge is 2.27. The number of ether oxygens (including phenoxy) is 2.